The lowest BCUT2D eigenvalue weighted by Crippen LogP contribution is -2.03. The number of aryl methyl sites for hydroxylation is 3. The van der Waals surface area contributed by atoms with Crippen molar-refractivity contribution in [3.8, 4) is 11.3 Å². The topological polar surface area (TPSA) is 53.6 Å². The van der Waals surface area contributed by atoms with E-state index in [-0.39, 0.29) is 0 Å². The van der Waals surface area contributed by atoms with Crippen molar-refractivity contribution in [1.29, 1.82) is 0 Å². The maximum atomic E-state index is 4.19. The highest BCUT2D eigenvalue weighted by Gasteiger charge is 2.13. The zero-order valence-corrected chi connectivity index (χ0v) is 15.3. The second kappa shape index (κ2) is 6.64. The van der Waals surface area contributed by atoms with Crippen molar-refractivity contribution in [1.82, 2.24) is 15.2 Å². The number of benzene rings is 2. The molecule has 0 aliphatic heterocycles. The van der Waals surface area contributed by atoms with Crippen LogP contribution >= 0.6 is 0 Å². The first-order valence-corrected chi connectivity index (χ1v) is 8.83. The van der Waals surface area contributed by atoms with Gasteiger partial charge in [0.25, 0.3) is 0 Å². The normalized spacial score (nSPS) is 11.0. The summed E-state index contributed by atoms with van der Waals surface area (Å²) in [5.41, 5.74) is 8.26. The number of nitrogens with one attached hydrogen (secondary N) is 2. The Morgan fingerprint density at radius 1 is 0.923 bits per heavy atom. The molecule has 26 heavy (non-hydrogen) atoms. The van der Waals surface area contributed by atoms with Crippen molar-refractivity contribution in [3.63, 3.8) is 0 Å². The highest BCUT2D eigenvalue weighted by molar-refractivity contribution is 5.93. The molecule has 4 nitrogen and oxygen atoms in total. The average Bonchev–Trinajstić information content (AvgIpc) is 2.99. The van der Waals surface area contributed by atoms with Gasteiger partial charge in [0.2, 0.25) is 0 Å². The fraction of sp³-hybridized carbons (Fsp3) is 0.182. The second-order valence-electron chi connectivity index (χ2n) is 6.75. The third kappa shape index (κ3) is 3.06. The molecule has 2 heterocycles. The quantitative estimate of drug-likeness (QED) is 0.538. The van der Waals surface area contributed by atoms with Crippen LogP contribution in [0.1, 0.15) is 22.4 Å². The summed E-state index contributed by atoms with van der Waals surface area (Å²) in [5.74, 6) is 0.789. The summed E-state index contributed by atoms with van der Waals surface area (Å²) in [7, 11) is 0. The Hall–Kier alpha value is -3.14. The zero-order chi connectivity index (χ0) is 18.1. The predicted molar refractivity (Wildman–Crippen MR) is 107 cm³/mol. The maximum absolute atomic E-state index is 4.19. The van der Waals surface area contributed by atoms with Crippen molar-refractivity contribution in [2.75, 3.05) is 5.32 Å². The molecular formula is C22H22N4. The van der Waals surface area contributed by atoms with Gasteiger partial charge in [-0.3, -0.25) is 0 Å². The Morgan fingerprint density at radius 3 is 2.46 bits per heavy atom. The summed E-state index contributed by atoms with van der Waals surface area (Å²) in [6, 6.07) is 18.9. The SMILES string of the molecule is Cc1cc(CNc2ccc(C)nn2)c2[nH]c(-c3ccccc3)c(C)c2c1. The summed E-state index contributed by atoms with van der Waals surface area (Å²) in [6.45, 7) is 6.96. The predicted octanol–water partition coefficient (Wildman–Crippen LogP) is 5.16. The number of hydrogen-bond donors (Lipinski definition) is 2. The molecule has 0 saturated carbocycles. The van der Waals surface area contributed by atoms with Crippen LogP contribution in [0.4, 0.5) is 5.82 Å². The number of aromatic amines is 1. The van der Waals surface area contributed by atoms with Gasteiger partial charge in [0.1, 0.15) is 5.82 Å². The Labute approximate surface area is 153 Å². The largest absolute Gasteiger partial charge is 0.364 e. The van der Waals surface area contributed by atoms with E-state index in [1.54, 1.807) is 0 Å². The number of anilines is 1. The molecule has 4 rings (SSSR count). The van der Waals surface area contributed by atoms with Crippen molar-refractivity contribution in [3.05, 3.63) is 77.0 Å². The Kier molecular flexibility index (Phi) is 4.17. The van der Waals surface area contributed by atoms with Gasteiger partial charge in [-0.25, -0.2) is 0 Å². The van der Waals surface area contributed by atoms with Gasteiger partial charge in [-0.1, -0.05) is 42.0 Å². The van der Waals surface area contributed by atoms with Crippen molar-refractivity contribution < 1.29 is 0 Å². The molecule has 2 aromatic heterocycles. The first kappa shape index (κ1) is 16.3. The second-order valence-corrected chi connectivity index (χ2v) is 6.75. The third-order valence-electron chi connectivity index (χ3n) is 4.71. The van der Waals surface area contributed by atoms with Crippen LogP contribution in [0.15, 0.2) is 54.6 Å². The lowest BCUT2D eigenvalue weighted by Gasteiger charge is -2.08. The van der Waals surface area contributed by atoms with Gasteiger partial charge in [0.15, 0.2) is 0 Å². The molecule has 0 fully saturated rings. The number of nitrogens with zero attached hydrogens (tertiary/aromatic N) is 2. The van der Waals surface area contributed by atoms with Crippen LogP contribution in [0, 0.1) is 20.8 Å². The Bertz CT molecular complexity index is 1050. The molecule has 0 unspecified atom stereocenters. The van der Waals surface area contributed by atoms with E-state index >= 15 is 0 Å². The van der Waals surface area contributed by atoms with E-state index in [0.29, 0.717) is 6.54 Å². The average molecular weight is 342 g/mol. The third-order valence-corrected chi connectivity index (χ3v) is 4.71. The van der Waals surface area contributed by atoms with Crippen LogP contribution < -0.4 is 5.32 Å². The van der Waals surface area contributed by atoms with Gasteiger partial charge >= 0.3 is 0 Å². The number of rotatable bonds is 4. The molecule has 0 aliphatic rings. The number of aromatic nitrogens is 3. The van der Waals surface area contributed by atoms with E-state index < -0.39 is 0 Å². The van der Waals surface area contributed by atoms with Gasteiger partial charge in [-0.2, -0.15) is 5.10 Å². The molecular weight excluding hydrogens is 320 g/mol. The summed E-state index contributed by atoms with van der Waals surface area (Å²) >= 11 is 0. The molecule has 0 atom stereocenters. The fourth-order valence-electron chi connectivity index (χ4n) is 3.37. The van der Waals surface area contributed by atoms with Crippen LogP contribution in [0.3, 0.4) is 0 Å². The highest BCUT2D eigenvalue weighted by Crippen LogP contribution is 2.32. The van der Waals surface area contributed by atoms with Gasteiger partial charge in [0.05, 0.1) is 11.2 Å². The van der Waals surface area contributed by atoms with Gasteiger partial charge in [0, 0.05) is 17.6 Å². The molecule has 0 bridgehead atoms. The smallest absolute Gasteiger partial charge is 0.148 e. The number of hydrogen-bond acceptors (Lipinski definition) is 3. The molecule has 0 radical (unpaired) electrons. The van der Waals surface area contributed by atoms with E-state index in [1.165, 1.54) is 38.9 Å². The lowest BCUT2D eigenvalue weighted by atomic mass is 10.0. The lowest BCUT2D eigenvalue weighted by molar-refractivity contribution is 0.964. The summed E-state index contributed by atoms with van der Waals surface area (Å²) < 4.78 is 0. The molecule has 0 amide bonds. The molecule has 2 aromatic carbocycles. The number of fused-ring (bicyclic) bond motifs is 1. The highest BCUT2D eigenvalue weighted by atomic mass is 15.2. The first-order chi connectivity index (χ1) is 12.6. The first-order valence-electron chi connectivity index (χ1n) is 8.83. The van der Waals surface area contributed by atoms with E-state index in [2.05, 4.69) is 70.7 Å². The Balaban J connectivity index is 1.73. The molecule has 130 valence electrons. The van der Waals surface area contributed by atoms with Gasteiger partial charge < -0.3 is 10.3 Å². The van der Waals surface area contributed by atoms with Crippen LogP contribution in [0.2, 0.25) is 0 Å². The summed E-state index contributed by atoms with van der Waals surface area (Å²) in [5, 5.41) is 13.0. The van der Waals surface area contributed by atoms with E-state index in [9.17, 15) is 0 Å². The minimum absolute atomic E-state index is 0.699. The summed E-state index contributed by atoms with van der Waals surface area (Å²) in [4.78, 5) is 3.65. The van der Waals surface area contributed by atoms with Crippen LogP contribution in [0.5, 0.6) is 0 Å². The standard InChI is InChI=1S/C22H22N4/c1-14-11-18(13-23-20-10-9-15(2)25-26-20)22-19(12-14)16(3)21(24-22)17-7-5-4-6-8-17/h4-12,24H,13H2,1-3H3,(H,23,26). The monoisotopic (exact) mass is 342 g/mol. The number of H-pyrrole nitrogens is 1. The summed E-state index contributed by atoms with van der Waals surface area (Å²) in [6.07, 6.45) is 0. The van der Waals surface area contributed by atoms with Gasteiger partial charge in [-0.15, -0.1) is 5.10 Å². The Morgan fingerprint density at radius 2 is 1.73 bits per heavy atom. The van der Waals surface area contributed by atoms with Crippen molar-refractivity contribution in [2.45, 2.75) is 27.3 Å². The maximum Gasteiger partial charge on any atom is 0.148 e. The molecule has 2 N–H and O–H groups in total. The minimum Gasteiger partial charge on any atom is -0.364 e. The zero-order valence-electron chi connectivity index (χ0n) is 15.3. The van der Waals surface area contributed by atoms with Crippen LogP contribution in [-0.4, -0.2) is 15.2 Å². The van der Waals surface area contributed by atoms with Crippen LogP contribution in [0.25, 0.3) is 22.2 Å². The molecule has 0 aliphatic carbocycles. The fourth-order valence-corrected chi connectivity index (χ4v) is 3.37. The van der Waals surface area contributed by atoms with Crippen molar-refractivity contribution >= 4 is 16.7 Å². The van der Waals surface area contributed by atoms with Gasteiger partial charge in [-0.05, 0) is 55.7 Å². The van der Waals surface area contributed by atoms with E-state index in [1.807, 2.05) is 25.1 Å². The molecule has 0 spiro atoms. The molecule has 4 heteroatoms. The van der Waals surface area contributed by atoms with Crippen LogP contribution in [-0.2, 0) is 6.54 Å². The molecule has 0 saturated heterocycles. The minimum atomic E-state index is 0.699. The van der Waals surface area contributed by atoms with E-state index in [4.69, 9.17) is 0 Å². The molecule has 4 aromatic rings. The van der Waals surface area contributed by atoms with E-state index in [0.717, 1.165) is 11.5 Å². The van der Waals surface area contributed by atoms with Crippen molar-refractivity contribution in [2.24, 2.45) is 0 Å².